The molecule has 0 fully saturated rings. The van der Waals surface area contributed by atoms with E-state index in [2.05, 4.69) is 24.3 Å². The fraction of sp³-hybridized carbons (Fsp3) is 0.375. The van der Waals surface area contributed by atoms with Crippen molar-refractivity contribution < 1.29 is 13.9 Å². The molecule has 0 unspecified atom stereocenters. The van der Waals surface area contributed by atoms with Gasteiger partial charge in [-0.05, 0) is 18.1 Å². The van der Waals surface area contributed by atoms with Crippen molar-refractivity contribution in [1.82, 2.24) is 9.78 Å². The van der Waals surface area contributed by atoms with Crippen molar-refractivity contribution in [2.24, 2.45) is 5.92 Å². The lowest BCUT2D eigenvalue weighted by Gasteiger charge is -2.11. The summed E-state index contributed by atoms with van der Waals surface area (Å²) in [5, 5.41) is 6.95. The second-order valence-corrected chi connectivity index (χ2v) is 5.37. The maximum atomic E-state index is 13.4. The predicted molar refractivity (Wildman–Crippen MR) is 82.2 cm³/mol. The molecule has 0 aliphatic rings. The molecule has 22 heavy (non-hydrogen) atoms. The summed E-state index contributed by atoms with van der Waals surface area (Å²) in [7, 11) is 0. The molecule has 5 nitrogen and oxygen atoms in total. The van der Waals surface area contributed by atoms with Gasteiger partial charge in [0.25, 0.3) is 0 Å². The monoisotopic (exact) mass is 305 g/mol. The van der Waals surface area contributed by atoms with Crippen LogP contribution in [0.3, 0.4) is 0 Å². The first kappa shape index (κ1) is 16.0. The number of aromatic nitrogens is 2. The Morgan fingerprint density at radius 1 is 1.36 bits per heavy atom. The highest BCUT2D eigenvalue weighted by molar-refractivity contribution is 5.89. The fourth-order valence-electron chi connectivity index (χ4n) is 1.95. The first-order chi connectivity index (χ1) is 10.6. The normalized spacial score (nSPS) is 10.7. The van der Waals surface area contributed by atoms with E-state index >= 15 is 0 Å². The minimum atomic E-state index is -0.432. The van der Waals surface area contributed by atoms with Crippen LogP contribution in [0.4, 0.5) is 10.2 Å². The predicted octanol–water partition coefficient (Wildman–Crippen LogP) is 3.09. The molecule has 2 aromatic rings. The second kappa shape index (κ2) is 7.59. The van der Waals surface area contributed by atoms with E-state index in [1.165, 1.54) is 12.1 Å². The Morgan fingerprint density at radius 2 is 2.14 bits per heavy atom. The van der Waals surface area contributed by atoms with Crippen LogP contribution in [0.2, 0.25) is 0 Å². The lowest BCUT2D eigenvalue weighted by molar-refractivity contribution is -0.116. The molecule has 6 heteroatoms. The number of nitrogens with zero attached hydrogens (tertiary/aromatic N) is 2. The van der Waals surface area contributed by atoms with Crippen molar-refractivity contribution in [1.29, 1.82) is 0 Å². The number of carbonyl (C=O) groups excluding carboxylic acids is 1. The third kappa shape index (κ3) is 4.58. The summed E-state index contributed by atoms with van der Waals surface area (Å²) in [5.41, 5.74) is 0. The van der Waals surface area contributed by atoms with Gasteiger partial charge in [0.2, 0.25) is 5.91 Å². The number of hydrogen-bond acceptors (Lipinski definition) is 3. The summed E-state index contributed by atoms with van der Waals surface area (Å²) < 4.78 is 20.4. The molecule has 0 spiro atoms. The van der Waals surface area contributed by atoms with Crippen LogP contribution >= 0.6 is 0 Å². The molecule has 2 rings (SSSR count). The van der Waals surface area contributed by atoms with E-state index in [1.807, 2.05) is 0 Å². The number of ether oxygens (including phenoxy) is 1. The van der Waals surface area contributed by atoms with E-state index in [0.29, 0.717) is 11.7 Å². The van der Waals surface area contributed by atoms with Crippen molar-refractivity contribution in [3.8, 4) is 5.75 Å². The molecule has 1 aromatic heterocycles. The first-order valence-electron chi connectivity index (χ1n) is 7.25. The van der Waals surface area contributed by atoms with E-state index in [0.717, 1.165) is 6.54 Å². The molecule has 1 N–H and O–H groups in total. The zero-order chi connectivity index (χ0) is 15.9. The Balaban J connectivity index is 1.81. The molecule has 1 aromatic carbocycles. The minimum Gasteiger partial charge on any atom is -0.490 e. The lowest BCUT2D eigenvalue weighted by atomic mass is 10.2. The van der Waals surface area contributed by atoms with Crippen LogP contribution in [0.25, 0.3) is 0 Å². The standard InChI is InChI=1S/C16H20FN3O2/c1-12(2)11-20-15(7-9-18-20)19-16(21)8-10-22-14-6-4-3-5-13(14)17/h3-7,9,12H,8,10-11H2,1-2H3,(H,19,21). The average Bonchev–Trinajstić information content (AvgIpc) is 2.87. The smallest absolute Gasteiger partial charge is 0.228 e. The number of amides is 1. The third-order valence-corrected chi connectivity index (χ3v) is 2.95. The Morgan fingerprint density at radius 3 is 2.86 bits per heavy atom. The number of para-hydroxylation sites is 1. The molecule has 0 radical (unpaired) electrons. The molecule has 0 aliphatic carbocycles. The van der Waals surface area contributed by atoms with E-state index in [-0.39, 0.29) is 24.7 Å². The summed E-state index contributed by atoms with van der Waals surface area (Å²) >= 11 is 0. The molecule has 1 amide bonds. The first-order valence-corrected chi connectivity index (χ1v) is 7.25. The van der Waals surface area contributed by atoms with Gasteiger partial charge in [0, 0.05) is 12.6 Å². The summed E-state index contributed by atoms with van der Waals surface area (Å²) in [5.74, 6) is 0.615. The Labute approximate surface area is 129 Å². The van der Waals surface area contributed by atoms with Gasteiger partial charge in [0.05, 0.1) is 19.2 Å². The van der Waals surface area contributed by atoms with Crippen LogP contribution in [0, 0.1) is 11.7 Å². The third-order valence-electron chi connectivity index (χ3n) is 2.95. The highest BCUT2D eigenvalue weighted by atomic mass is 19.1. The van der Waals surface area contributed by atoms with Gasteiger partial charge in [0.15, 0.2) is 11.6 Å². The van der Waals surface area contributed by atoms with Crippen molar-refractivity contribution in [3.63, 3.8) is 0 Å². The molecule has 0 saturated carbocycles. The van der Waals surface area contributed by atoms with Crippen LogP contribution in [-0.4, -0.2) is 22.3 Å². The van der Waals surface area contributed by atoms with Crippen LogP contribution in [0.5, 0.6) is 5.75 Å². The van der Waals surface area contributed by atoms with Crippen LogP contribution in [-0.2, 0) is 11.3 Å². The molecular weight excluding hydrogens is 285 g/mol. The van der Waals surface area contributed by atoms with E-state index < -0.39 is 5.82 Å². The van der Waals surface area contributed by atoms with Gasteiger partial charge in [-0.3, -0.25) is 4.79 Å². The van der Waals surface area contributed by atoms with E-state index in [1.54, 1.807) is 29.1 Å². The number of hydrogen-bond donors (Lipinski definition) is 1. The Hall–Kier alpha value is -2.37. The van der Waals surface area contributed by atoms with Crippen molar-refractivity contribution in [2.75, 3.05) is 11.9 Å². The second-order valence-electron chi connectivity index (χ2n) is 5.37. The van der Waals surface area contributed by atoms with Crippen molar-refractivity contribution >= 4 is 11.7 Å². The van der Waals surface area contributed by atoms with Gasteiger partial charge >= 0.3 is 0 Å². The zero-order valence-electron chi connectivity index (χ0n) is 12.8. The highest BCUT2D eigenvalue weighted by Gasteiger charge is 2.09. The molecule has 1 heterocycles. The largest absolute Gasteiger partial charge is 0.490 e. The number of benzene rings is 1. The van der Waals surface area contributed by atoms with Crippen LogP contribution in [0.15, 0.2) is 36.5 Å². The number of carbonyl (C=O) groups is 1. The zero-order valence-corrected chi connectivity index (χ0v) is 12.8. The van der Waals surface area contributed by atoms with Crippen molar-refractivity contribution in [3.05, 3.63) is 42.3 Å². The summed E-state index contributed by atoms with van der Waals surface area (Å²) in [6, 6.07) is 7.87. The van der Waals surface area contributed by atoms with Gasteiger partial charge in [-0.2, -0.15) is 5.10 Å². The van der Waals surface area contributed by atoms with E-state index in [9.17, 15) is 9.18 Å². The highest BCUT2D eigenvalue weighted by Crippen LogP contribution is 2.15. The molecule has 118 valence electrons. The minimum absolute atomic E-state index is 0.116. The van der Waals surface area contributed by atoms with Gasteiger partial charge in [0.1, 0.15) is 5.82 Å². The maximum Gasteiger partial charge on any atom is 0.228 e. The SMILES string of the molecule is CC(C)Cn1nccc1NC(=O)CCOc1ccccc1F. The maximum absolute atomic E-state index is 13.4. The van der Waals surface area contributed by atoms with Crippen LogP contribution in [0.1, 0.15) is 20.3 Å². The molecule has 0 saturated heterocycles. The topological polar surface area (TPSA) is 56.2 Å². The molecule has 0 aliphatic heterocycles. The molecule has 0 bridgehead atoms. The number of nitrogens with one attached hydrogen (secondary N) is 1. The van der Waals surface area contributed by atoms with Gasteiger partial charge in [-0.1, -0.05) is 26.0 Å². The molecular formula is C16H20FN3O2. The summed E-state index contributed by atoms with van der Waals surface area (Å²) in [4.78, 5) is 11.9. The van der Waals surface area contributed by atoms with Gasteiger partial charge in [-0.15, -0.1) is 0 Å². The quantitative estimate of drug-likeness (QED) is 0.855. The van der Waals surface area contributed by atoms with Crippen molar-refractivity contribution in [2.45, 2.75) is 26.8 Å². The Kier molecular flexibility index (Phi) is 5.52. The molecule has 0 atom stereocenters. The van der Waals surface area contributed by atoms with Gasteiger partial charge in [-0.25, -0.2) is 9.07 Å². The van der Waals surface area contributed by atoms with E-state index in [4.69, 9.17) is 4.74 Å². The fourth-order valence-corrected chi connectivity index (χ4v) is 1.95. The Bertz CT molecular complexity index is 625. The number of rotatable bonds is 7. The summed E-state index contributed by atoms with van der Waals surface area (Å²) in [6.07, 6.45) is 1.79. The number of halogens is 1. The average molecular weight is 305 g/mol. The summed E-state index contributed by atoms with van der Waals surface area (Å²) in [6.45, 7) is 5.00. The lowest BCUT2D eigenvalue weighted by Crippen LogP contribution is -2.19. The number of anilines is 1. The van der Waals surface area contributed by atoms with Gasteiger partial charge < -0.3 is 10.1 Å². The van der Waals surface area contributed by atoms with Crippen LogP contribution < -0.4 is 10.1 Å².